The van der Waals surface area contributed by atoms with Gasteiger partial charge in [0, 0.05) is 18.8 Å². The van der Waals surface area contributed by atoms with Gasteiger partial charge in [0.25, 0.3) is 0 Å². The van der Waals surface area contributed by atoms with Crippen molar-refractivity contribution in [2.45, 2.75) is 19.4 Å². The van der Waals surface area contributed by atoms with Gasteiger partial charge in [0.15, 0.2) is 9.84 Å². The van der Waals surface area contributed by atoms with Crippen LogP contribution in [0.3, 0.4) is 0 Å². The van der Waals surface area contributed by atoms with Crippen LogP contribution >= 0.6 is 0 Å². The first-order valence-corrected chi connectivity index (χ1v) is 9.44. The van der Waals surface area contributed by atoms with Gasteiger partial charge in [-0.2, -0.15) is 0 Å². The van der Waals surface area contributed by atoms with Gasteiger partial charge < -0.3 is 15.0 Å². The zero-order chi connectivity index (χ0) is 17.9. The van der Waals surface area contributed by atoms with E-state index in [1.54, 1.807) is 25.2 Å². The van der Waals surface area contributed by atoms with Gasteiger partial charge >= 0.3 is 5.97 Å². The Morgan fingerprint density at radius 2 is 2.08 bits per heavy atom. The predicted molar refractivity (Wildman–Crippen MR) is 90.8 cm³/mol. The summed E-state index contributed by atoms with van der Waals surface area (Å²) >= 11 is 0. The largest absolute Gasteiger partial charge is 0.465 e. The third kappa shape index (κ3) is 4.25. The Balaban J connectivity index is 1.95. The van der Waals surface area contributed by atoms with Crippen molar-refractivity contribution in [3.63, 3.8) is 0 Å². The number of esters is 1. The highest BCUT2D eigenvalue weighted by atomic mass is 32.2. The van der Waals surface area contributed by atoms with E-state index in [0.29, 0.717) is 12.0 Å². The zero-order valence-corrected chi connectivity index (χ0v) is 14.9. The topological polar surface area (TPSA) is 92.8 Å². The average molecular weight is 354 g/mol. The lowest BCUT2D eigenvalue weighted by Crippen LogP contribution is -2.40. The average Bonchev–Trinajstić information content (AvgIpc) is 2.91. The van der Waals surface area contributed by atoms with E-state index in [-0.39, 0.29) is 30.0 Å². The van der Waals surface area contributed by atoms with Crippen molar-refractivity contribution in [3.05, 3.63) is 29.3 Å². The standard InChI is InChI=1S/C16H22N2O5S/c1-11-8-12(16(20)23-3)4-5-14(11)17-9-15(19)18(2)13-6-7-24(21,22)10-13/h4-5,8,13,17H,6-7,9-10H2,1-3H3. The van der Waals surface area contributed by atoms with Crippen LogP contribution in [-0.4, -0.2) is 63.4 Å². The van der Waals surface area contributed by atoms with E-state index in [2.05, 4.69) is 10.1 Å². The molecule has 1 unspecified atom stereocenters. The lowest BCUT2D eigenvalue weighted by molar-refractivity contribution is -0.129. The number of rotatable bonds is 5. The summed E-state index contributed by atoms with van der Waals surface area (Å²) < 4.78 is 27.7. The second-order valence-electron chi connectivity index (χ2n) is 5.94. The first-order valence-electron chi connectivity index (χ1n) is 7.62. The van der Waals surface area contributed by atoms with Crippen LogP contribution in [0.25, 0.3) is 0 Å². The van der Waals surface area contributed by atoms with Crippen molar-refractivity contribution in [2.24, 2.45) is 0 Å². The van der Waals surface area contributed by atoms with E-state index >= 15 is 0 Å². The molecular weight excluding hydrogens is 332 g/mol. The van der Waals surface area contributed by atoms with Crippen LogP contribution in [0, 0.1) is 6.92 Å². The summed E-state index contributed by atoms with van der Waals surface area (Å²) in [6, 6.07) is 4.77. The normalized spacial score (nSPS) is 18.9. The van der Waals surface area contributed by atoms with Gasteiger partial charge in [-0.3, -0.25) is 4.79 Å². The van der Waals surface area contributed by atoms with Gasteiger partial charge in [-0.15, -0.1) is 0 Å². The first kappa shape index (κ1) is 18.3. The number of sulfone groups is 1. The Labute approximate surface area is 141 Å². The Bertz CT molecular complexity index is 745. The third-order valence-corrected chi connectivity index (χ3v) is 5.98. The highest BCUT2D eigenvalue weighted by molar-refractivity contribution is 7.91. The molecule has 1 heterocycles. The third-order valence-electron chi connectivity index (χ3n) is 4.23. The molecular formula is C16H22N2O5S. The molecule has 1 N–H and O–H groups in total. The molecule has 0 saturated carbocycles. The number of likely N-dealkylation sites (N-methyl/N-ethyl adjacent to an activating group) is 1. The van der Waals surface area contributed by atoms with Crippen LogP contribution in [0.2, 0.25) is 0 Å². The molecule has 24 heavy (non-hydrogen) atoms. The molecule has 2 rings (SSSR count). The first-order chi connectivity index (χ1) is 11.2. The number of nitrogens with zero attached hydrogens (tertiary/aromatic N) is 1. The van der Waals surface area contributed by atoms with Gasteiger partial charge in [0.05, 0.1) is 30.7 Å². The van der Waals surface area contributed by atoms with Crippen molar-refractivity contribution in [1.29, 1.82) is 0 Å². The second-order valence-corrected chi connectivity index (χ2v) is 8.17. The zero-order valence-electron chi connectivity index (χ0n) is 14.0. The van der Waals surface area contributed by atoms with Crippen molar-refractivity contribution in [1.82, 2.24) is 4.90 Å². The summed E-state index contributed by atoms with van der Waals surface area (Å²) in [5.41, 5.74) is 2.00. The molecule has 1 aromatic rings. The summed E-state index contributed by atoms with van der Waals surface area (Å²) in [7, 11) is -0.0727. The molecule has 7 nitrogen and oxygen atoms in total. The number of aryl methyl sites for hydroxylation is 1. The number of carbonyl (C=O) groups excluding carboxylic acids is 2. The molecule has 0 aliphatic carbocycles. The van der Waals surface area contributed by atoms with Crippen LogP contribution in [0.1, 0.15) is 22.3 Å². The highest BCUT2D eigenvalue weighted by Gasteiger charge is 2.32. The van der Waals surface area contributed by atoms with E-state index in [1.165, 1.54) is 12.0 Å². The summed E-state index contributed by atoms with van der Waals surface area (Å²) in [4.78, 5) is 25.2. The fourth-order valence-corrected chi connectivity index (χ4v) is 4.46. The van der Waals surface area contributed by atoms with Gasteiger partial charge in [-0.05, 0) is 37.1 Å². The molecule has 0 spiro atoms. The molecule has 0 bridgehead atoms. The Hall–Kier alpha value is -2.09. The fraction of sp³-hybridized carbons (Fsp3) is 0.500. The van der Waals surface area contributed by atoms with E-state index in [9.17, 15) is 18.0 Å². The maximum Gasteiger partial charge on any atom is 0.337 e. The maximum absolute atomic E-state index is 12.2. The van der Waals surface area contributed by atoms with Crippen molar-refractivity contribution in [2.75, 3.05) is 37.5 Å². The molecule has 1 aliphatic heterocycles. The highest BCUT2D eigenvalue weighted by Crippen LogP contribution is 2.19. The van der Waals surface area contributed by atoms with Gasteiger partial charge in [-0.1, -0.05) is 0 Å². The van der Waals surface area contributed by atoms with Crippen molar-refractivity contribution in [3.8, 4) is 0 Å². The minimum Gasteiger partial charge on any atom is -0.465 e. The molecule has 1 amide bonds. The minimum atomic E-state index is -3.02. The number of carbonyl (C=O) groups is 2. The number of anilines is 1. The van der Waals surface area contributed by atoms with E-state index < -0.39 is 15.8 Å². The number of amides is 1. The summed E-state index contributed by atoms with van der Waals surface area (Å²) in [6.07, 6.45) is 0.484. The monoisotopic (exact) mass is 354 g/mol. The molecule has 0 aromatic heterocycles. The molecule has 8 heteroatoms. The second kappa shape index (κ2) is 7.21. The molecule has 132 valence electrons. The number of hydrogen-bond acceptors (Lipinski definition) is 6. The number of benzene rings is 1. The number of hydrogen-bond donors (Lipinski definition) is 1. The smallest absolute Gasteiger partial charge is 0.337 e. The van der Waals surface area contributed by atoms with Crippen molar-refractivity contribution >= 4 is 27.4 Å². The molecule has 1 saturated heterocycles. The van der Waals surface area contributed by atoms with E-state index in [4.69, 9.17) is 0 Å². The van der Waals surface area contributed by atoms with Crippen molar-refractivity contribution < 1.29 is 22.7 Å². The van der Waals surface area contributed by atoms with E-state index in [0.717, 1.165) is 11.3 Å². The Morgan fingerprint density at radius 3 is 2.62 bits per heavy atom. The lowest BCUT2D eigenvalue weighted by Gasteiger charge is -2.24. The molecule has 1 fully saturated rings. The van der Waals surface area contributed by atoms with Crippen LogP contribution in [0.4, 0.5) is 5.69 Å². The minimum absolute atomic E-state index is 0.0299. The number of ether oxygens (including phenoxy) is 1. The predicted octanol–water partition coefficient (Wildman–Crippen LogP) is 0.839. The maximum atomic E-state index is 12.2. The van der Waals surface area contributed by atoms with Crippen LogP contribution in [0.15, 0.2) is 18.2 Å². The number of nitrogens with one attached hydrogen (secondary N) is 1. The lowest BCUT2D eigenvalue weighted by atomic mass is 10.1. The molecule has 0 radical (unpaired) electrons. The van der Waals surface area contributed by atoms with Gasteiger partial charge in [0.2, 0.25) is 5.91 Å². The molecule has 1 aromatic carbocycles. The fourth-order valence-electron chi connectivity index (χ4n) is 2.69. The molecule has 1 atom stereocenters. The Kier molecular flexibility index (Phi) is 5.48. The van der Waals surface area contributed by atoms with E-state index in [1.807, 2.05) is 6.92 Å². The van der Waals surface area contributed by atoms with Crippen LogP contribution in [-0.2, 0) is 19.4 Å². The SMILES string of the molecule is COC(=O)c1ccc(NCC(=O)N(C)C2CCS(=O)(=O)C2)c(C)c1. The van der Waals surface area contributed by atoms with Crippen LogP contribution < -0.4 is 5.32 Å². The summed E-state index contributed by atoms with van der Waals surface area (Å²) in [5, 5.41) is 3.03. The van der Waals surface area contributed by atoms with Gasteiger partial charge in [0.1, 0.15) is 0 Å². The van der Waals surface area contributed by atoms with Crippen LogP contribution in [0.5, 0.6) is 0 Å². The van der Waals surface area contributed by atoms with Gasteiger partial charge in [-0.25, -0.2) is 13.2 Å². The summed E-state index contributed by atoms with van der Waals surface area (Å²) in [5.74, 6) is -0.421. The Morgan fingerprint density at radius 1 is 1.38 bits per heavy atom. The molecule has 1 aliphatic rings. The quantitative estimate of drug-likeness (QED) is 0.788. The summed E-state index contributed by atoms with van der Waals surface area (Å²) in [6.45, 7) is 1.89. The number of methoxy groups -OCH3 is 1.